The van der Waals surface area contributed by atoms with Gasteiger partial charge in [0.1, 0.15) is 0 Å². The standard InChI is InChI=1S/C18H28N2O/c1-3-19-17-13-9-8-12-16(17)18(21)20-14(2)15-10-6-4-5-7-11-15/h8-9,12-15,19H,3-7,10-11H2,1-2H3,(H,20,21)/t14-/m0/s1. The van der Waals surface area contributed by atoms with Crippen molar-refractivity contribution < 1.29 is 4.79 Å². The van der Waals surface area contributed by atoms with Gasteiger partial charge in [0.15, 0.2) is 0 Å². The molecule has 1 saturated carbocycles. The first kappa shape index (κ1) is 15.9. The number of benzene rings is 1. The van der Waals surface area contributed by atoms with Crippen LogP contribution >= 0.6 is 0 Å². The van der Waals surface area contributed by atoms with Gasteiger partial charge in [-0.15, -0.1) is 0 Å². The molecule has 1 aromatic carbocycles. The van der Waals surface area contributed by atoms with Crippen LogP contribution < -0.4 is 10.6 Å². The van der Waals surface area contributed by atoms with E-state index in [1.807, 2.05) is 31.2 Å². The van der Waals surface area contributed by atoms with Crippen LogP contribution in [-0.4, -0.2) is 18.5 Å². The number of hydrogen-bond acceptors (Lipinski definition) is 2. The first-order valence-corrected chi connectivity index (χ1v) is 8.36. The lowest BCUT2D eigenvalue weighted by Gasteiger charge is -2.24. The molecule has 1 amide bonds. The molecule has 0 aliphatic heterocycles. The molecule has 0 bridgehead atoms. The summed E-state index contributed by atoms with van der Waals surface area (Å²) < 4.78 is 0. The minimum absolute atomic E-state index is 0.0447. The Kier molecular flexibility index (Phi) is 6.09. The number of para-hydroxylation sites is 1. The molecule has 1 aliphatic rings. The van der Waals surface area contributed by atoms with Crippen LogP contribution in [0.1, 0.15) is 62.7 Å². The zero-order valence-corrected chi connectivity index (χ0v) is 13.3. The van der Waals surface area contributed by atoms with Crippen molar-refractivity contribution in [3.8, 4) is 0 Å². The first-order valence-electron chi connectivity index (χ1n) is 8.36. The zero-order valence-electron chi connectivity index (χ0n) is 13.3. The van der Waals surface area contributed by atoms with Crippen molar-refractivity contribution in [1.82, 2.24) is 5.32 Å². The third-order valence-corrected chi connectivity index (χ3v) is 4.50. The Hall–Kier alpha value is -1.51. The molecule has 1 fully saturated rings. The molecule has 2 rings (SSSR count). The lowest BCUT2D eigenvalue weighted by atomic mass is 9.93. The SMILES string of the molecule is CCNc1ccccc1C(=O)N[C@@H](C)C1CCCCCC1. The number of hydrogen-bond donors (Lipinski definition) is 2. The van der Waals surface area contributed by atoms with E-state index in [0.29, 0.717) is 5.92 Å². The van der Waals surface area contributed by atoms with Gasteiger partial charge in [-0.2, -0.15) is 0 Å². The Labute approximate surface area is 128 Å². The molecule has 3 nitrogen and oxygen atoms in total. The Bertz CT molecular complexity index is 450. The number of carbonyl (C=O) groups is 1. The fraction of sp³-hybridized carbons (Fsp3) is 0.611. The van der Waals surface area contributed by atoms with E-state index in [1.54, 1.807) is 0 Å². The van der Waals surface area contributed by atoms with Crippen LogP contribution in [0.5, 0.6) is 0 Å². The molecule has 1 atom stereocenters. The lowest BCUT2D eigenvalue weighted by molar-refractivity contribution is 0.0924. The Balaban J connectivity index is 2.00. The van der Waals surface area contributed by atoms with Gasteiger partial charge in [-0.3, -0.25) is 4.79 Å². The Morgan fingerprint density at radius 1 is 1.19 bits per heavy atom. The average Bonchev–Trinajstić information content (AvgIpc) is 2.77. The van der Waals surface area contributed by atoms with Gasteiger partial charge in [0.25, 0.3) is 5.91 Å². The van der Waals surface area contributed by atoms with Crippen LogP contribution in [0.3, 0.4) is 0 Å². The predicted molar refractivity (Wildman–Crippen MR) is 88.7 cm³/mol. The lowest BCUT2D eigenvalue weighted by Crippen LogP contribution is -2.38. The van der Waals surface area contributed by atoms with E-state index < -0.39 is 0 Å². The fourth-order valence-electron chi connectivity index (χ4n) is 3.24. The smallest absolute Gasteiger partial charge is 0.253 e. The molecule has 0 unspecified atom stereocenters. The topological polar surface area (TPSA) is 41.1 Å². The summed E-state index contributed by atoms with van der Waals surface area (Å²) in [6, 6.07) is 8.00. The van der Waals surface area contributed by atoms with Gasteiger partial charge in [-0.1, -0.05) is 37.8 Å². The first-order chi connectivity index (χ1) is 10.2. The highest BCUT2D eigenvalue weighted by atomic mass is 16.1. The summed E-state index contributed by atoms with van der Waals surface area (Å²) in [5, 5.41) is 6.47. The fourth-order valence-corrected chi connectivity index (χ4v) is 3.24. The maximum atomic E-state index is 12.5. The van der Waals surface area contributed by atoms with Gasteiger partial charge >= 0.3 is 0 Å². The molecule has 1 aliphatic carbocycles. The van der Waals surface area contributed by atoms with Crippen molar-refractivity contribution >= 4 is 11.6 Å². The molecule has 0 saturated heterocycles. The number of rotatable bonds is 5. The van der Waals surface area contributed by atoms with Crippen molar-refractivity contribution in [2.75, 3.05) is 11.9 Å². The van der Waals surface area contributed by atoms with E-state index in [4.69, 9.17) is 0 Å². The molecule has 0 radical (unpaired) electrons. The Morgan fingerprint density at radius 2 is 1.86 bits per heavy atom. The van der Waals surface area contributed by atoms with Crippen LogP contribution in [0.4, 0.5) is 5.69 Å². The van der Waals surface area contributed by atoms with Crippen LogP contribution in [0, 0.1) is 5.92 Å². The highest BCUT2D eigenvalue weighted by Gasteiger charge is 2.21. The number of nitrogens with one attached hydrogen (secondary N) is 2. The van der Waals surface area contributed by atoms with E-state index in [9.17, 15) is 4.79 Å². The monoisotopic (exact) mass is 288 g/mol. The second kappa shape index (κ2) is 8.06. The van der Waals surface area contributed by atoms with E-state index in [2.05, 4.69) is 17.6 Å². The van der Waals surface area contributed by atoms with E-state index >= 15 is 0 Å². The number of anilines is 1. The molecule has 0 heterocycles. The van der Waals surface area contributed by atoms with Crippen molar-refractivity contribution in [2.45, 2.75) is 58.4 Å². The van der Waals surface area contributed by atoms with Gasteiger partial charge in [-0.05, 0) is 44.7 Å². The number of carbonyl (C=O) groups excluding carboxylic acids is 1. The quantitative estimate of drug-likeness (QED) is 0.797. The minimum atomic E-state index is 0.0447. The number of amides is 1. The summed E-state index contributed by atoms with van der Waals surface area (Å²) in [6.07, 6.45) is 7.80. The Morgan fingerprint density at radius 3 is 2.52 bits per heavy atom. The summed E-state index contributed by atoms with van der Waals surface area (Å²) in [7, 11) is 0. The summed E-state index contributed by atoms with van der Waals surface area (Å²) in [4.78, 5) is 12.5. The van der Waals surface area contributed by atoms with Crippen molar-refractivity contribution in [2.24, 2.45) is 5.92 Å². The van der Waals surface area contributed by atoms with E-state index in [1.165, 1.54) is 38.5 Å². The van der Waals surface area contributed by atoms with Crippen molar-refractivity contribution in [3.63, 3.8) is 0 Å². The molecule has 2 N–H and O–H groups in total. The largest absolute Gasteiger partial charge is 0.385 e. The summed E-state index contributed by atoms with van der Waals surface area (Å²) in [5.74, 6) is 0.672. The third-order valence-electron chi connectivity index (χ3n) is 4.50. The maximum absolute atomic E-state index is 12.5. The van der Waals surface area contributed by atoms with Crippen molar-refractivity contribution in [1.29, 1.82) is 0 Å². The van der Waals surface area contributed by atoms with E-state index in [-0.39, 0.29) is 11.9 Å². The average molecular weight is 288 g/mol. The summed E-state index contributed by atoms with van der Waals surface area (Å²) >= 11 is 0. The molecular weight excluding hydrogens is 260 g/mol. The van der Waals surface area contributed by atoms with Gasteiger partial charge in [0.2, 0.25) is 0 Å². The highest BCUT2D eigenvalue weighted by molar-refractivity contribution is 5.99. The van der Waals surface area contributed by atoms with Gasteiger partial charge < -0.3 is 10.6 Å². The molecule has 3 heteroatoms. The molecule has 21 heavy (non-hydrogen) atoms. The second-order valence-corrected chi connectivity index (χ2v) is 6.09. The molecule has 0 aromatic heterocycles. The normalized spacial score (nSPS) is 17.8. The highest BCUT2D eigenvalue weighted by Crippen LogP contribution is 2.26. The second-order valence-electron chi connectivity index (χ2n) is 6.09. The maximum Gasteiger partial charge on any atom is 0.253 e. The van der Waals surface area contributed by atoms with Gasteiger partial charge in [-0.25, -0.2) is 0 Å². The molecule has 0 spiro atoms. The third kappa shape index (κ3) is 4.48. The summed E-state index contributed by atoms with van der Waals surface area (Å²) in [5.41, 5.74) is 1.67. The van der Waals surface area contributed by atoms with Crippen LogP contribution in [0.15, 0.2) is 24.3 Å². The molecule has 1 aromatic rings. The van der Waals surface area contributed by atoms with Crippen LogP contribution in [0.25, 0.3) is 0 Å². The zero-order chi connectivity index (χ0) is 15.1. The summed E-state index contributed by atoms with van der Waals surface area (Å²) in [6.45, 7) is 5.02. The van der Waals surface area contributed by atoms with Crippen LogP contribution in [0.2, 0.25) is 0 Å². The minimum Gasteiger partial charge on any atom is -0.385 e. The van der Waals surface area contributed by atoms with Crippen LogP contribution in [-0.2, 0) is 0 Å². The van der Waals surface area contributed by atoms with Crippen molar-refractivity contribution in [3.05, 3.63) is 29.8 Å². The molecule has 116 valence electrons. The van der Waals surface area contributed by atoms with Gasteiger partial charge in [0.05, 0.1) is 5.56 Å². The van der Waals surface area contributed by atoms with E-state index in [0.717, 1.165) is 17.8 Å². The van der Waals surface area contributed by atoms with Gasteiger partial charge in [0, 0.05) is 18.3 Å². The predicted octanol–water partition coefficient (Wildman–Crippen LogP) is 4.21. The molecular formula is C18H28N2O.